The molecule has 2 aromatic carbocycles. The number of carbonyl (C=O) groups excluding carboxylic acids is 1. The minimum atomic E-state index is -4.51. The van der Waals surface area contributed by atoms with Gasteiger partial charge >= 0.3 is 6.18 Å². The van der Waals surface area contributed by atoms with Crippen LogP contribution in [0.3, 0.4) is 0 Å². The molecule has 0 saturated carbocycles. The number of para-hydroxylation sites is 2. The van der Waals surface area contributed by atoms with Crippen LogP contribution in [0, 0.1) is 0 Å². The number of ether oxygens (including phenoxy) is 3. The molecule has 0 bridgehead atoms. The van der Waals surface area contributed by atoms with Gasteiger partial charge in [0.2, 0.25) is 6.10 Å². The summed E-state index contributed by atoms with van der Waals surface area (Å²) in [6, 6.07) is 10.7. The smallest absolute Gasteiger partial charge is 0.422 e. The number of fused-ring (bicyclic) bond motifs is 1. The summed E-state index contributed by atoms with van der Waals surface area (Å²) in [5.41, 5.74) is 0.00853. The molecule has 138 valence electrons. The van der Waals surface area contributed by atoms with Crippen molar-refractivity contribution in [3.63, 3.8) is 0 Å². The third kappa shape index (κ3) is 4.51. The van der Waals surface area contributed by atoms with E-state index < -0.39 is 24.8 Å². The number of alkyl halides is 3. The number of benzene rings is 2. The zero-order valence-electron chi connectivity index (χ0n) is 13.2. The number of anilines is 1. The Kier molecular flexibility index (Phi) is 5.13. The quantitative estimate of drug-likeness (QED) is 0.859. The average molecular weight is 388 g/mol. The Morgan fingerprint density at radius 2 is 1.96 bits per heavy atom. The molecule has 1 aliphatic heterocycles. The molecule has 2 aromatic rings. The topological polar surface area (TPSA) is 56.8 Å². The largest absolute Gasteiger partial charge is 0.485 e. The van der Waals surface area contributed by atoms with Crippen LogP contribution in [0.5, 0.6) is 17.2 Å². The van der Waals surface area contributed by atoms with E-state index in [0.717, 1.165) is 0 Å². The van der Waals surface area contributed by atoms with Gasteiger partial charge < -0.3 is 19.5 Å². The minimum Gasteiger partial charge on any atom is -0.485 e. The number of hydrogen-bond donors (Lipinski definition) is 1. The SMILES string of the molecule is O=C(Nc1cc(Cl)ccc1OCC(F)(F)F)[C@H]1COc2ccccc2O1. The van der Waals surface area contributed by atoms with Crippen LogP contribution in [-0.2, 0) is 4.79 Å². The van der Waals surface area contributed by atoms with Crippen molar-refractivity contribution in [2.45, 2.75) is 12.3 Å². The first-order valence-corrected chi connectivity index (χ1v) is 7.88. The molecule has 1 atom stereocenters. The van der Waals surface area contributed by atoms with E-state index in [1.54, 1.807) is 24.3 Å². The minimum absolute atomic E-state index is 0.00853. The van der Waals surface area contributed by atoms with Crippen molar-refractivity contribution in [3.05, 3.63) is 47.5 Å². The number of carbonyl (C=O) groups is 1. The van der Waals surface area contributed by atoms with E-state index >= 15 is 0 Å². The summed E-state index contributed by atoms with van der Waals surface area (Å²) in [7, 11) is 0. The lowest BCUT2D eigenvalue weighted by atomic mass is 10.2. The first-order valence-electron chi connectivity index (χ1n) is 7.50. The normalized spacial score (nSPS) is 16.1. The summed E-state index contributed by atoms with van der Waals surface area (Å²) >= 11 is 5.86. The average Bonchev–Trinajstić information content (AvgIpc) is 2.60. The molecule has 0 saturated heterocycles. The van der Waals surface area contributed by atoms with E-state index in [-0.39, 0.29) is 23.1 Å². The van der Waals surface area contributed by atoms with Gasteiger partial charge in [0.1, 0.15) is 12.4 Å². The van der Waals surface area contributed by atoms with E-state index in [9.17, 15) is 18.0 Å². The molecule has 0 radical (unpaired) electrons. The van der Waals surface area contributed by atoms with Crippen LogP contribution in [0.25, 0.3) is 0 Å². The van der Waals surface area contributed by atoms with Crippen molar-refractivity contribution in [3.8, 4) is 17.2 Å². The zero-order valence-corrected chi connectivity index (χ0v) is 13.9. The van der Waals surface area contributed by atoms with Crippen molar-refractivity contribution >= 4 is 23.2 Å². The van der Waals surface area contributed by atoms with Crippen LogP contribution in [0.1, 0.15) is 0 Å². The highest BCUT2D eigenvalue weighted by atomic mass is 35.5. The van der Waals surface area contributed by atoms with Gasteiger partial charge in [0, 0.05) is 5.02 Å². The molecule has 0 unspecified atom stereocenters. The summed E-state index contributed by atoms with van der Waals surface area (Å²) in [6.07, 6.45) is -5.48. The van der Waals surface area contributed by atoms with E-state index in [0.29, 0.717) is 11.5 Å². The standard InChI is InChI=1S/C17H13ClF3NO4/c18-10-5-6-12(25-9-17(19,20)21)11(7-10)22-16(23)15-8-24-13-3-1-2-4-14(13)26-15/h1-7,15H,8-9H2,(H,22,23)/t15-/m1/s1. The Hall–Kier alpha value is -2.61. The highest BCUT2D eigenvalue weighted by Gasteiger charge is 2.30. The Morgan fingerprint density at radius 1 is 1.23 bits per heavy atom. The fourth-order valence-electron chi connectivity index (χ4n) is 2.25. The van der Waals surface area contributed by atoms with Crippen LogP contribution in [0.2, 0.25) is 5.02 Å². The summed E-state index contributed by atoms with van der Waals surface area (Å²) < 4.78 is 52.9. The van der Waals surface area contributed by atoms with E-state index in [1.165, 1.54) is 18.2 Å². The number of amides is 1. The third-order valence-corrected chi connectivity index (χ3v) is 3.63. The zero-order chi connectivity index (χ0) is 18.7. The van der Waals surface area contributed by atoms with Crippen LogP contribution < -0.4 is 19.5 Å². The Bertz CT molecular complexity index is 813. The number of nitrogens with one attached hydrogen (secondary N) is 1. The summed E-state index contributed by atoms with van der Waals surface area (Å²) in [6.45, 7) is -1.53. The molecule has 0 aliphatic carbocycles. The van der Waals surface area contributed by atoms with Gasteiger partial charge in [0.15, 0.2) is 18.1 Å². The lowest BCUT2D eigenvalue weighted by Gasteiger charge is -2.25. The Morgan fingerprint density at radius 3 is 2.69 bits per heavy atom. The molecule has 1 aliphatic rings. The van der Waals surface area contributed by atoms with Crippen LogP contribution in [0.4, 0.5) is 18.9 Å². The van der Waals surface area contributed by atoms with Crippen LogP contribution in [-0.4, -0.2) is 31.4 Å². The molecule has 1 N–H and O–H groups in total. The van der Waals surface area contributed by atoms with Crippen molar-refractivity contribution < 1.29 is 32.2 Å². The highest BCUT2D eigenvalue weighted by molar-refractivity contribution is 6.31. The van der Waals surface area contributed by atoms with E-state index in [2.05, 4.69) is 5.32 Å². The highest BCUT2D eigenvalue weighted by Crippen LogP contribution is 2.33. The molecule has 3 rings (SSSR count). The van der Waals surface area contributed by atoms with Gasteiger partial charge in [-0.05, 0) is 30.3 Å². The first-order chi connectivity index (χ1) is 12.3. The van der Waals surface area contributed by atoms with Gasteiger partial charge in [-0.25, -0.2) is 0 Å². The fraction of sp³-hybridized carbons (Fsp3) is 0.235. The molecule has 0 aromatic heterocycles. The second-order valence-corrected chi connectivity index (χ2v) is 5.83. The van der Waals surface area contributed by atoms with Gasteiger partial charge in [-0.3, -0.25) is 4.79 Å². The number of halogens is 4. The monoisotopic (exact) mass is 387 g/mol. The third-order valence-electron chi connectivity index (χ3n) is 3.39. The molecule has 1 amide bonds. The van der Waals surface area contributed by atoms with Gasteiger partial charge in [0.05, 0.1) is 5.69 Å². The van der Waals surface area contributed by atoms with Crippen molar-refractivity contribution in [2.24, 2.45) is 0 Å². The van der Waals surface area contributed by atoms with Crippen molar-refractivity contribution in [2.75, 3.05) is 18.5 Å². The van der Waals surface area contributed by atoms with E-state index in [1.807, 2.05) is 0 Å². The predicted octanol–water partition coefficient (Wildman–Crippen LogP) is 4.06. The van der Waals surface area contributed by atoms with Gasteiger partial charge in [0.25, 0.3) is 5.91 Å². The summed E-state index contributed by atoms with van der Waals surface area (Å²) in [4.78, 5) is 12.4. The van der Waals surface area contributed by atoms with Gasteiger partial charge in [-0.15, -0.1) is 0 Å². The van der Waals surface area contributed by atoms with E-state index in [4.69, 9.17) is 25.8 Å². The van der Waals surface area contributed by atoms with Crippen molar-refractivity contribution in [1.82, 2.24) is 0 Å². The van der Waals surface area contributed by atoms with Crippen LogP contribution in [0.15, 0.2) is 42.5 Å². The molecular weight excluding hydrogens is 375 g/mol. The predicted molar refractivity (Wildman–Crippen MR) is 88.0 cm³/mol. The fourth-order valence-corrected chi connectivity index (χ4v) is 2.42. The molecule has 5 nitrogen and oxygen atoms in total. The molecule has 26 heavy (non-hydrogen) atoms. The lowest BCUT2D eigenvalue weighted by Crippen LogP contribution is -2.40. The Balaban J connectivity index is 1.72. The maximum Gasteiger partial charge on any atom is 0.422 e. The molecule has 0 spiro atoms. The molecule has 9 heteroatoms. The lowest BCUT2D eigenvalue weighted by molar-refractivity contribution is -0.153. The Labute approximate surface area is 151 Å². The summed E-state index contributed by atoms with van der Waals surface area (Å²) in [5, 5.41) is 2.70. The number of hydrogen-bond acceptors (Lipinski definition) is 4. The van der Waals surface area contributed by atoms with Crippen LogP contribution >= 0.6 is 11.6 Å². The second kappa shape index (κ2) is 7.33. The summed E-state index contributed by atoms with van der Waals surface area (Å²) in [5.74, 6) is 0.155. The first kappa shape index (κ1) is 18.2. The second-order valence-electron chi connectivity index (χ2n) is 5.40. The molecule has 1 heterocycles. The van der Waals surface area contributed by atoms with Gasteiger partial charge in [-0.2, -0.15) is 13.2 Å². The maximum absolute atomic E-state index is 12.4. The van der Waals surface area contributed by atoms with Crippen molar-refractivity contribution in [1.29, 1.82) is 0 Å². The molecular formula is C17H13ClF3NO4. The molecule has 0 fully saturated rings. The van der Waals surface area contributed by atoms with Gasteiger partial charge in [-0.1, -0.05) is 23.7 Å². The number of rotatable bonds is 4. The maximum atomic E-state index is 12.4.